The maximum absolute atomic E-state index is 10.9. The molecule has 1 aliphatic heterocycles. The Labute approximate surface area is 63.0 Å². The number of imide groups is 1. The number of hydrogen-bond donors (Lipinski definition) is 1. The minimum Gasteiger partial charge on any atom is -0.288 e. The molecule has 1 aromatic carbocycles. The second kappa shape index (κ2) is 1.92. The first-order chi connectivity index (χ1) is 5.29. The van der Waals surface area contributed by atoms with Crippen LogP contribution in [0.5, 0.6) is 0 Å². The van der Waals surface area contributed by atoms with E-state index in [2.05, 4.69) is 17.4 Å². The fourth-order valence-corrected chi connectivity index (χ4v) is 0.991. The van der Waals surface area contributed by atoms with Gasteiger partial charge in [0.05, 0.1) is 11.1 Å². The third-order valence-electron chi connectivity index (χ3n) is 1.50. The van der Waals surface area contributed by atoms with E-state index in [0.717, 1.165) is 0 Å². The Morgan fingerprint density at radius 1 is 1.27 bits per heavy atom. The average molecular weight is 145 g/mol. The summed E-state index contributed by atoms with van der Waals surface area (Å²) >= 11 is 0. The molecular formula is C8H3NO2. The molecule has 0 atom stereocenters. The highest BCUT2D eigenvalue weighted by atomic mass is 16.2. The van der Waals surface area contributed by atoms with Gasteiger partial charge in [-0.1, -0.05) is 6.07 Å². The maximum atomic E-state index is 10.9. The second-order valence-corrected chi connectivity index (χ2v) is 2.17. The SMILES string of the molecule is O=C1NC(=O)c2cc[c][c]c21. The molecule has 1 aliphatic rings. The highest BCUT2D eigenvalue weighted by Gasteiger charge is 2.25. The Morgan fingerprint density at radius 3 is 2.82 bits per heavy atom. The van der Waals surface area contributed by atoms with Crippen LogP contribution in [0, 0.1) is 12.1 Å². The zero-order valence-electron chi connectivity index (χ0n) is 5.47. The van der Waals surface area contributed by atoms with Crippen LogP contribution in [0.3, 0.4) is 0 Å². The Kier molecular flexibility index (Phi) is 1.06. The van der Waals surface area contributed by atoms with Crippen molar-refractivity contribution in [2.24, 2.45) is 0 Å². The van der Waals surface area contributed by atoms with Crippen molar-refractivity contribution in [3.63, 3.8) is 0 Å². The van der Waals surface area contributed by atoms with Gasteiger partial charge in [0.25, 0.3) is 11.8 Å². The van der Waals surface area contributed by atoms with Gasteiger partial charge < -0.3 is 0 Å². The quantitative estimate of drug-likeness (QED) is 0.529. The van der Waals surface area contributed by atoms with Gasteiger partial charge in [0.15, 0.2) is 0 Å². The molecule has 52 valence electrons. The van der Waals surface area contributed by atoms with Gasteiger partial charge in [-0.25, -0.2) is 0 Å². The molecule has 1 aromatic rings. The number of hydrogen-bond acceptors (Lipinski definition) is 2. The van der Waals surface area contributed by atoms with Crippen molar-refractivity contribution in [2.75, 3.05) is 0 Å². The lowest BCUT2D eigenvalue weighted by molar-refractivity contribution is 0.0879. The van der Waals surface area contributed by atoms with Crippen LogP contribution in [0.4, 0.5) is 0 Å². The molecule has 1 N–H and O–H groups in total. The van der Waals surface area contributed by atoms with E-state index in [1.54, 1.807) is 12.1 Å². The third-order valence-corrected chi connectivity index (χ3v) is 1.50. The summed E-state index contributed by atoms with van der Waals surface area (Å²) in [6.07, 6.45) is 0. The average Bonchev–Trinajstić information content (AvgIpc) is 2.30. The van der Waals surface area contributed by atoms with Gasteiger partial charge in [0.2, 0.25) is 0 Å². The molecule has 2 radical (unpaired) electrons. The van der Waals surface area contributed by atoms with E-state index in [4.69, 9.17) is 0 Å². The van der Waals surface area contributed by atoms with E-state index in [1.807, 2.05) is 0 Å². The van der Waals surface area contributed by atoms with Gasteiger partial charge in [-0.3, -0.25) is 14.9 Å². The molecule has 3 heteroatoms. The van der Waals surface area contributed by atoms with E-state index in [0.29, 0.717) is 5.56 Å². The van der Waals surface area contributed by atoms with E-state index >= 15 is 0 Å². The van der Waals surface area contributed by atoms with Crippen molar-refractivity contribution in [3.05, 3.63) is 35.4 Å². The van der Waals surface area contributed by atoms with Gasteiger partial charge >= 0.3 is 0 Å². The molecular weight excluding hydrogens is 142 g/mol. The molecule has 2 amide bonds. The molecule has 0 bridgehead atoms. The normalized spacial score (nSPS) is 14.5. The lowest BCUT2D eigenvalue weighted by atomic mass is 10.1. The highest BCUT2D eigenvalue weighted by molar-refractivity contribution is 6.21. The summed E-state index contributed by atoms with van der Waals surface area (Å²) in [5, 5.41) is 2.15. The number of benzene rings is 1. The molecule has 0 fully saturated rings. The van der Waals surface area contributed by atoms with Crippen LogP contribution in [-0.4, -0.2) is 11.8 Å². The maximum Gasteiger partial charge on any atom is 0.259 e. The highest BCUT2D eigenvalue weighted by Crippen LogP contribution is 2.12. The van der Waals surface area contributed by atoms with E-state index < -0.39 is 0 Å². The van der Waals surface area contributed by atoms with E-state index in [9.17, 15) is 9.59 Å². The molecule has 0 saturated carbocycles. The van der Waals surface area contributed by atoms with Crippen molar-refractivity contribution in [1.29, 1.82) is 0 Å². The van der Waals surface area contributed by atoms with Crippen LogP contribution < -0.4 is 5.32 Å². The smallest absolute Gasteiger partial charge is 0.259 e. The standard InChI is InChI=1S/C8H3NO2/c10-7-5-3-1-2-4-6(5)8(11)9-7/h1,3H,(H,9,10,11). The number of amides is 2. The van der Waals surface area contributed by atoms with Gasteiger partial charge in [-0.05, 0) is 12.1 Å². The molecule has 0 spiro atoms. The summed E-state index contributed by atoms with van der Waals surface area (Å²) in [5.41, 5.74) is 0.672. The Morgan fingerprint density at radius 2 is 2.09 bits per heavy atom. The molecule has 2 rings (SSSR count). The largest absolute Gasteiger partial charge is 0.288 e. The van der Waals surface area contributed by atoms with Crippen LogP contribution in [0.15, 0.2) is 12.1 Å². The van der Waals surface area contributed by atoms with Crippen LogP contribution in [0.25, 0.3) is 0 Å². The minimum absolute atomic E-state index is 0.289. The monoisotopic (exact) mass is 145 g/mol. The lowest BCUT2D eigenvalue weighted by Gasteiger charge is -1.87. The first-order valence-corrected chi connectivity index (χ1v) is 3.07. The predicted octanol–water partition coefficient (Wildman–Crippen LogP) is 0.171. The molecule has 0 unspecified atom stereocenters. The van der Waals surface area contributed by atoms with Gasteiger partial charge in [-0.15, -0.1) is 0 Å². The van der Waals surface area contributed by atoms with Crippen LogP contribution in [-0.2, 0) is 0 Å². The molecule has 0 aliphatic carbocycles. The van der Waals surface area contributed by atoms with Gasteiger partial charge in [0, 0.05) is 6.07 Å². The summed E-state index contributed by atoms with van der Waals surface area (Å²) in [4.78, 5) is 21.8. The Hall–Kier alpha value is -1.64. The van der Waals surface area contributed by atoms with Crippen molar-refractivity contribution >= 4 is 11.8 Å². The molecule has 1 heterocycles. The van der Waals surface area contributed by atoms with E-state index in [1.165, 1.54) is 0 Å². The van der Waals surface area contributed by atoms with Crippen molar-refractivity contribution in [3.8, 4) is 0 Å². The lowest BCUT2D eigenvalue weighted by Crippen LogP contribution is -2.19. The van der Waals surface area contributed by atoms with Crippen LogP contribution >= 0.6 is 0 Å². The number of rotatable bonds is 0. The summed E-state index contributed by atoms with van der Waals surface area (Å²) < 4.78 is 0. The van der Waals surface area contributed by atoms with Crippen LogP contribution in [0.1, 0.15) is 20.7 Å². The first-order valence-electron chi connectivity index (χ1n) is 3.07. The van der Waals surface area contributed by atoms with Crippen molar-refractivity contribution < 1.29 is 9.59 Å². The predicted molar refractivity (Wildman–Crippen MR) is 35.9 cm³/mol. The Bertz CT molecular complexity index is 311. The molecule has 11 heavy (non-hydrogen) atoms. The summed E-state index contributed by atoms with van der Waals surface area (Å²) in [7, 11) is 0. The van der Waals surface area contributed by atoms with Crippen molar-refractivity contribution in [2.45, 2.75) is 0 Å². The van der Waals surface area contributed by atoms with E-state index in [-0.39, 0.29) is 17.4 Å². The van der Waals surface area contributed by atoms with Gasteiger partial charge in [-0.2, -0.15) is 0 Å². The zero-order chi connectivity index (χ0) is 7.84. The fraction of sp³-hybridized carbons (Fsp3) is 0. The summed E-state index contributed by atoms with van der Waals surface area (Å²) in [5.74, 6) is -0.739. The molecule has 3 nitrogen and oxygen atoms in total. The second-order valence-electron chi connectivity index (χ2n) is 2.17. The number of fused-ring (bicyclic) bond motifs is 1. The summed E-state index contributed by atoms with van der Waals surface area (Å²) in [6, 6.07) is 8.28. The number of carbonyl (C=O) groups is 2. The van der Waals surface area contributed by atoms with Crippen LogP contribution in [0.2, 0.25) is 0 Å². The van der Waals surface area contributed by atoms with Gasteiger partial charge in [0.1, 0.15) is 0 Å². The minimum atomic E-state index is -0.387. The molecule has 0 aromatic heterocycles. The number of carbonyl (C=O) groups excluding carboxylic acids is 2. The zero-order valence-corrected chi connectivity index (χ0v) is 5.47. The molecule has 0 saturated heterocycles. The first kappa shape index (κ1) is 6.09. The number of nitrogens with one attached hydrogen (secondary N) is 1. The fourth-order valence-electron chi connectivity index (χ4n) is 0.991. The topological polar surface area (TPSA) is 46.2 Å². The third kappa shape index (κ3) is 0.741. The summed E-state index contributed by atoms with van der Waals surface area (Å²) in [6.45, 7) is 0. The van der Waals surface area contributed by atoms with Crippen molar-refractivity contribution in [1.82, 2.24) is 5.32 Å². The Balaban J connectivity index is 2.69.